The summed E-state index contributed by atoms with van der Waals surface area (Å²) in [6.45, 7) is 10.7. The number of hydrogen-bond donors (Lipinski definition) is 1. The van der Waals surface area contributed by atoms with Crippen LogP contribution in [0.2, 0.25) is 0 Å². The van der Waals surface area contributed by atoms with E-state index < -0.39 is 0 Å². The number of piperazine rings is 1. The lowest BCUT2D eigenvalue weighted by atomic mass is 10.0. The fourth-order valence-corrected chi connectivity index (χ4v) is 3.12. The third-order valence-electron chi connectivity index (χ3n) is 4.58. The molecule has 2 aliphatic rings. The number of aryl methyl sites for hydroxylation is 1. The maximum absolute atomic E-state index is 3.37. The Morgan fingerprint density at radius 3 is 2.32 bits per heavy atom. The fraction of sp³-hybridized carbons (Fsp3) is 0.625. The second-order valence-corrected chi connectivity index (χ2v) is 5.75. The van der Waals surface area contributed by atoms with Crippen LogP contribution < -0.4 is 5.32 Å². The predicted molar refractivity (Wildman–Crippen MR) is 79.3 cm³/mol. The number of nitrogens with one attached hydrogen (secondary N) is 1. The highest BCUT2D eigenvalue weighted by atomic mass is 15.3. The lowest BCUT2D eigenvalue weighted by Gasteiger charge is -2.43. The van der Waals surface area contributed by atoms with Gasteiger partial charge in [0.1, 0.15) is 0 Å². The van der Waals surface area contributed by atoms with Gasteiger partial charge in [-0.05, 0) is 17.5 Å². The van der Waals surface area contributed by atoms with E-state index in [2.05, 4.69) is 46.3 Å². The maximum Gasteiger partial charge on any atom is 0.0346 e. The Labute approximate surface area is 116 Å². The van der Waals surface area contributed by atoms with Crippen LogP contribution in [0.1, 0.15) is 18.1 Å². The first-order chi connectivity index (χ1) is 9.36. The van der Waals surface area contributed by atoms with Crippen LogP contribution in [-0.4, -0.2) is 55.1 Å². The van der Waals surface area contributed by atoms with Gasteiger partial charge in [-0.15, -0.1) is 0 Å². The molecule has 3 heteroatoms. The summed E-state index contributed by atoms with van der Waals surface area (Å²) in [6.07, 6.45) is 1.14. The number of rotatable bonds is 4. The highest BCUT2D eigenvalue weighted by molar-refractivity contribution is 5.26. The van der Waals surface area contributed by atoms with Gasteiger partial charge in [0, 0.05) is 51.9 Å². The van der Waals surface area contributed by atoms with Gasteiger partial charge in [-0.1, -0.05) is 31.2 Å². The van der Waals surface area contributed by atoms with Crippen molar-refractivity contribution in [3.63, 3.8) is 0 Å². The Kier molecular flexibility index (Phi) is 4.16. The van der Waals surface area contributed by atoms with Crippen molar-refractivity contribution in [2.45, 2.75) is 25.9 Å². The predicted octanol–water partition coefficient (Wildman–Crippen LogP) is 1.34. The molecular weight excluding hydrogens is 234 g/mol. The zero-order valence-corrected chi connectivity index (χ0v) is 11.9. The van der Waals surface area contributed by atoms with Crippen LogP contribution in [0.15, 0.2) is 24.3 Å². The molecule has 0 bridgehead atoms. The second-order valence-electron chi connectivity index (χ2n) is 5.75. The van der Waals surface area contributed by atoms with Gasteiger partial charge in [-0.2, -0.15) is 0 Å². The molecule has 2 heterocycles. The van der Waals surface area contributed by atoms with E-state index >= 15 is 0 Å². The van der Waals surface area contributed by atoms with E-state index in [1.807, 2.05) is 0 Å². The molecule has 0 spiro atoms. The summed E-state index contributed by atoms with van der Waals surface area (Å²) in [5.41, 5.74) is 3.02. The minimum atomic E-state index is 0.810. The Morgan fingerprint density at radius 1 is 1.05 bits per heavy atom. The molecule has 0 atom stereocenters. The third-order valence-corrected chi connectivity index (χ3v) is 4.58. The van der Waals surface area contributed by atoms with Crippen molar-refractivity contribution >= 4 is 0 Å². The van der Waals surface area contributed by atoms with Crippen molar-refractivity contribution in [2.24, 2.45) is 0 Å². The van der Waals surface area contributed by atoms with Gasteiger partial charge in [-0.3, -0.25) is 9.80 Å². The monoisotopic (exact) mass is 259 g/mol. The fourth-order valence-electron chi connectivity index (χ4n) is 3.12. The molecule has 1 aromatic rings. The van der Waals surface area contributed by atoms with Crippen LogP contribution in [0.3, 0.4) is 0 Å². The maximum atomic E-state index is 3.37. The van der Waals surface area contributed by atoms with E-state index in [0.29, 0.717) is 0 Å². The summed E-state index contributed by atoms with van der Waals surface area (Å²) in [7, 11) is 0. The van der Waals surface area contributed by atoms with Gasteiger partial charge in [0.25, 0.3) is 0 Å². The highest BCUT2D eigenvalue weighted by Gasteiger charge is 2.27. The van der Waals surface area contributed by atoms with E-state index in [9.17, 15) is 0 Å². The van der Waals surface area contributed by atoms with Gasteiger partial charge < -0.3 is 5.32 Å². The van der Waals surface area contributed by atoms with Crippen molar-refractivity contribution in [3.05, 3.63) is 35.4 Å². The first-order valence-electron chi connectivity index (χ1n) is 7.60. The van der Waals surface area contributed by atoms with Crippen LogP contribution in [-0.2, 0) is 13.0 Å². The summed E-state index contributed by atoms with van der Waals surface area (Å²) in [4.78, 5) is 5.26. The molecule has 0 unspecified atom stereocenters. The first kappa shape index (κ1) is 13.1. The van der Waals surface area contributed by atoms with Gasteiger partial charge in [0.2, 0.25) is 0 Å². The van der Waals surface area contributed by atoms with Crippen LogP contribution in [0.4, 0.5) is 0 Å². The van der Waals surface area contributed by atoms with Crippen LogP contribution in [0.25, 0.3) is 0 Å². The summed E-state index contributed by atoms with van der Waals surface area (Å²) in [5, 5.41) is 3.37. The van der Waals surface area contributed by atoms with Crippen molar-refractivity contribution < 1.29 is 0 Å². The van der Waals surface area contributed by atoms with E-state index in [1.165, 1.54) is 50.4 Å². The quantitative estimate of drug-likeness (QED) is 0.880. The summed E-state index contributed by atoms with van der Waals surface area (Å²) in [5.74, 6) is 0. The molecule has 0 radical (unpaired) electrons. The van der Waals surface area contributed by atoms with Crippen molar-refractivity contribution in [3.8, 4) is 0 Å². The van der Waals surface area contributed by atoms with Crippen LogP contribution in [0.5, 0.6) is 0 Å². The van der Waals surface area contributed by atoms with Crippen molar-refractivity contribution in [1.82, 2.24) is 15.1 Å². The van der Waals surface area contributed by atoms with Crippen LogP contribution >= 0.6 is 0 Å². The highest BCUT2D eigenvalue weighted by Crippen LogP contribution is 2.15. The zero-order chi connectivity index (χ0) is 13.1. The molecule has 0 saturated carbocycles. The molecule has 1 aromatic carbocycles. The van der Waals surface area contributed by atoms with Gasteiger partial charge in [0.05, 0.1) is 0 Å². The van der Waals surface area contributed by atoms with Crippen molar-refractivity contribution in [2.75, 3.05) is 39.3 Å². The molecule has 0 amide bonds. The largest absolute Gasteiger partial charge is 0.314 e. The van der Waals surface area contributed by atoms with E-state index in [-0.39, 0.29) is 0 Å². The molecule has 19 heavy (non-hydrogen) atoms. The Hall–Kier alpha value is -0.900. The summed E-state index contributed by atoms with van der Waals surface area (Å²) < 4.78 is 0. The SMILES string of the molecule is CCc1ccccc1CN1CCN(C2CNC2)CC1. The molecule has 2 fully saturated rings. The molecule has 3 rings (SSSR count). The minimum absolute atomic E-state index is 0.810. The Morgan fingerprint density at radius 2 is 1.74 bits per heavy atom. The third kappa shape index (κ3) is 2.99. The molecule has 0 aliphatic carbocycles. The average Bonchev–Trinajstić information content (AvgIpc) is 2.40. The average molecular weight is 259 g/mol. The van der Waals surface area contributed by atoms with Gasteiger partial charge in [-0.25, -0.2) is 0 Å². The molecule has 104 valence electrons. The summed E-state index contributed by atoms with van der Waals surface area (Å²) in [6, 6.07) is 9.70. The van der Waals surface area contributed by atoms with Gasteiger partial charge in [0.15, 0.2) is 0 Å². The summed E-state index contributed by atoms with van der Waals surface area (Å²) >= 11 is 0. The number of nitrogens with zero attached hydrogens (tertiary/aromatic N) is 2. The first-order valence-corrected chi connectivity index (χ1v) is 7.60. The molecule has 3 nitrogen and oxygen atoms in total. The lowest BCUT2D eigenvalue weighted by molar-refractivity contribution is 0.0694. The molecule has 2 saturated heterocycles. The zero-order valence-electron chi connectivity index (χ0n) is 11.9. The smallest absolute Gasteiger partial charge is 0.0346 e. The van der Waals surface area contributed by atoms with E-state index in [0.717, 1.165) is 19.0 Å². The normalized spacial score (nSPS) is 22.4. The minimum Gasteiger partial charge on any atom is -0.314 e. The van der Waals surface area contributed by atoms with Crippen LogP contribution in [0, 0.1) is 0 Å². The van der Waals surface area contributed by atoms with E-state index in [1.54, 1.807) is 0 Å². The Balaban J connectivity index is 1.54. The van der Waals surface area contributed by atoms with Crippen molar-refractivity contribution in [1.29, 1.82) is 0 Å². The van der Waals surface area contributed by atoms with Gasteiger partial charge >= 0.3 is 0 Å². The molecule has 2 aliphatic heterocycles. The standard InChI is InChI=1S/C16H25N3/c1-2-14-5-3-4-6-15(14)13-18-7-9-19(10-8-18)16-11-17-12-16/h3-6,16-17H,2,7-13H2,1H3. The molecular formula is C16H25N3. The number of benzene rings is 1. The lowest BCUT2D eigenvalue weighted by Crippen LogP contribution is -2.61. The number of hydrogen-bond acceptors (Lipinski definition) is 3. The Bertz CT molecular complexity index is 406. The molecule has 0 aromatic heterocycles. The second kappa shape index (κ2) is 6.04. The topological polar surface area (TPSA) is 18.5 Å². The molecule has 1 N–H and O–H groups in total. The van der Waals surface area contributed by atoms with E-state index in [4.69, 9.17) is 0 Å².